The van der Waals surface area contributed by atoms with Crippen LogP contribution in [0.15, 0.2) is 54.6 Å². The molecular weight excluding hydrogens is 296 g/mol. The van der Waals surface area contributed by atoms with Crippen molar-refractivity contribution in [3.8, 4) is 0 Å². The summed E-state index contributed by atoms with van der Waals surface area (Å²) in [6.45, 7) is 0.620. The summed E-state index contributed by atoms with van der Waals surface area (Å²) in [6.07, 6.45) is 1.06. The van der Waals surface area contributed by atoms with E-state index in [1.807, 2.05) is 61.6 Å². The minimum atomic E-state index is 0. The first-order valence-corrected chi connectivity index (χ1v) is 7.30. The van der Waals surface area contributed by atoms with Gasteiger partial charge in [-0.2, -0.15) is 0 Å². The van der Waals surface area contributed by atoms with Gasteiger partial charge in [0, 0.05) is 31.1 Å². The van der Waals surface area contributed by atoms with Gasteiger partial charge in [0.1, 0.15) is 0 Å². The maximum absolute atomic E-state index is 12.4. The summed E-state index contributed by atoms with van der Waals surface area (Å²) in [5, 5.41) is 0. The molecule has 1 amide bonds. The van der Waals surface area contributed by atoms with Crippen LogP contribution in [0.25, 0.3) is 0 Å². The van der Waals surface area contributed by atoms with E-state index in [0.29, 0.717) is 18.5 Å². The molecule has 4 heteroatoms. The number of benzene rings is 2. The van der Waals surface area contributed by atoms with Crippen molar-refractivity contribution in [1.82, 2.24) is 4.90 Å². The zero-order chi connectivity index (χ0) is 14.8. The molecule has 1 aliphatic rings. The number of carbonyl (C=O) groups is 1. The van der Waals surface area contributed by atoms with E-state index in [-0.39, 0.29) is 18.3 Å². The van der Waals surface area contributed by atoms with Crippen molar-refractivity contribution < 1.29 is 4.79 Å². The van der Waals surface area contributed by atoms with Crippen LogP contribution in [-0.2, 0) is 6.54 Å². The topological polar surface area (TPSA) is 46.3 Å². The highest BCUT2D eigenvalue weighted by Crippen LogP contribution is 2.38. The van der Waals surface area contributed by atoms with E-state index in [1.165, 1.54) is 5.56 Å². The van der Waals surface area contributed by atoms with Crippen molar-refractivity contribution in [2.24, 2.45) is 5.73 Å². The Balaban J connectivity index is 0.00000176. The summed E-state index contributed by atoms with van der Waals surface area (Å²) in [7, 11) is 1.83. The zero-order valence-corrected chi connectivity index (χ0v) is 13.4. The lowest BCUT2D eigenvalue weighted by Gasteiger charge is -2.17. The van der Waals surface area contributed by atoms with E-state index in [2.05, 4.69) is 0 Å². The second-order valence-corrected chi connectivity index (χ2v) is 5.77. The molecule has 3 nitrogen and oxygen atoms in total. The molecule has 2 aromatic rings. The number of hydrogen-bond acceptors (Lipinski definition) is 2. The first-order chi connectivity index (χ1) is 10.1. The summed E-state index contributed by atoms with van der Waals surface area (Å²) in [6, 6.07) is 18.2. The van der Waals surface area contributed by atoms with Gasteiger partial charge >= 0.3 is 0 Å². The molecule has 116 valence electrons. The van der Waals surface area contributed by atoms with Gasteiger partial charge in [-0.3, -0.25) is 4.79 Å². The van der Waals surface area contributed by atoms with Crippen molar-refractivity contribution in [1.29, 1.82) is 0 Å². The molecule has 0 spiro atoms. The summed E-state index contributed by atoms with van der Waals surface area (Å²) < 4.78 is 0. The normalized spacial score (nSPS) is 19.2. The minimum Gasteiger partial charge on any atom is -0.337 e. The van der Waals surface area contributed by atoms with Crippen LogP contribution in [0.5, 0.6) is 0 Å². The fourth-order valence-corrected chi connectivity index (χ4v) is 2.62. The lowest BCUT2D eigenvalue weighted by molar-refractivity contribution is 0.0785. The molecule has 2 aromatic carbocycles. The van der Waals surface area contributed by atoms with E-state index >= 15 is 0 Å². The Morgan fingerprint density at radius 2 is 1.73 bits per heavy atom. The Labute approximate surface area is 137 Å². The summed E-state index contributed by atoms with van der Waals surface area (Å²) in [4.78, 5) is 14.2. The average molecular weight is 317 g/mol. The van der Waals surface area contributed by atoms with Gasteiger partial charge in [-0.1, -0.05) is 42.5 Å². The highest BCUT2D eigenvalue weighted by molar-refractivity contribution is 5.94. The molecule has 3 rings (SSSR count). The SMILES string of the molecule is CN(Cc1ccccc1)C(=O)c1ccc([C@@H]2C[C@H]2N)cc1.Cl. The zero-order valence-electron chi connectivity index (χ0n) is 12.6. The van der Waals surface area contributed by atoms with Crippen LogP contribution in [0, 0.1) is 0 Å². The molecule has 0 heterocycles. The second-order valence-electron chi connectivity index (χ2n) is 5.77. The smallest absolute Gasteiger partial charge is 0.253 e. The summed E-state index contributed by atoms with van der Waals surface area (Å²) in [5.74, 6) is 0.529. The molecule has 0 bridgehead atoms. The van der Waals surface area contributed by atoms with Gasteiger partial charge in [-0.25, -0.2) is 0 Å². The third kappa shape index (κ3) is 3.67. The molecule has 2 N–H and O–H groups in total. The Hall–Kier alpha value is -1.84. The molecule has 1 aliphatic carbocycles. The molecule has 0 aliphatic heterocycles. The highest BCUT2D eigenvalue weighted by Gasteiger charge is 2.34. The molecule has 0 radical (unpaired) electrons. The minimum absolute atomic E-state index is 0. The Morgan fingerprint density at radius 3 is 2.27 bits per heavy atom. The maximum Gasteiger partial charge on any atom is 0.253 e. The average Bonchev–Trinajstić information content (AvgIpc) is 3.24. The van der Waals surface area contributed by atoms with E-state index in [9.17, 15) is 4.79 Å². The molecule has 0 aromatic heterocycles. The van der Waals surface area contributed by atoms with Gasteiger partial charge in [0.15, 0.2) is 0 Å². The van der Waals surface area contributed by atoms with Crippen LogP contribution in [-0.4, -0.2) is 23.9 Å². The molecule has 0 saturated heterocycles. The molecule has 1 saturated carbocycles. The van der Waals surface area contributed by atoms with E-state index in [0.717, 1.165) is 17.5 Å². The number of carbonyl (C=O) groups excluding carboxylic acids is 1. The Kier molecular flexibility index (Phi) is 5.22. The van der Waals surface area contributed by atoms with Gasteiger partial charge in [-0.15, -0.1) is 12.4 Å². The number of hydrogen-bond donors (Lipinski definition) is 1. The Bertz CT molecular complexity index is 627. The number of amides is 1. The van der Waals surface area contributed by atoms with Gasteiger partial charge in [0.05, 0.1) is 0 Å². The highest BCUT2D eigenvalue weighted by atomic mass is 35.5. The van der Waals surface area contributed by atoms with E-state index in [1.54, 1.807) is 4.90 Å². The van der Waals surface area contributed by atoms with Crippen molar-refractivity contribution in [2.45, 2.75) is 24.9 Å². The predicted molar refractivity (Wildman–Crippen MR) is 91.3 cm³/mol. The number of nitrogens with two attached hydrogens (primary N) is 1. The lowest BCUT2D eigenvalue weighted by Crippen LogP contribution is -2.26. The van der Waals surface area contributed by atoms with Crippen molar-refractivity contribution in [3.63, 3.8) is 0 Å². The number of nitrogens with zero attached hydrogens (tertiary/aromatic N) is 1. The fraction of sp³-hybridized carbons (Fsp3) is 0.278. The van der Waals surface area contributed by atoms with Gasteiger partial charge < -0.3 is 10.6 Å². The van der Waals surface area contributed by atoms with Crippen LogP contribution in [0.2, 0.25) is 0 Å². The van der Waals surface area contributed by atoms with Crippen LogP contribution < -0.4 is 5.73 Å². The monoisotopic (exact) mass is 316 g/mol. The molecule has 0 unspecified atom stereocenters. The van der Waals surface area contributed by atoms with Gasteiger partial charge in [0.25, 0.3) is 5.91 Å². The Morgan fingerprint density at radius 1 is 1.14 bits per heavy atom. The molecular formula is C18H21ClN2O. The third-order valence-corrected chi connectivity index (χ3v) is 4.03. The van der Waals surface area contributed by atoms with Crippen LogP contribution >= 0.6 is 12.4 Å². The standard InChI is InChI=1S/C18H20N2O.ClH/c1-20(12-13-5-3-2-4-6-13)18(21)15-9-7-14(8-10-15)16-11-17(16)19;/h2-10,16-17H,11-12,19H2,1H3;1H/t16-,17+;/m0./s1. The summed E-state index contributed by atoms with van der Waals surface area (Å²) >= 11 is 0. The van der Waals surface area contributed by atoms with Crippen LogP contribution in [0.4, 0.5) is 0 Å². The van der Waals surface area contributed by atoms with E-state index in [4.69, 9.17) is 5.73 Å². The van der Waals surface area contributed by atoms with Gasteiger partial charge in [0.2, 0.25) is 0 Å². The lowest BCUT2D eigenvalue weighted by atomic mass is 10.1. The fourth-order valence-electron chi connectivity index (χ4n) is 2.62. The quantitative estimate of drug-likeness (QED) is 0.941. The van der Waals surface area contributed by atoms with Gasteiger partial charge in [-0.05, 0) is 29.7 Å². The molecule has 1 fully saturated rings. The summed E-state index contributed by atoms with van der Waals surface area (Å²) in [5.41, 5.74) is 8.96. The number of rotatable bonds is 4. The number of halogens is 1. The van der Waals surface area contributed by atoms with Crippen LogP contribution in [0.1, 0.15) is 33.8 Å². The maximum atomic E-state index is 12.4. The first kappa shape index (κ1) is 16.5. The van der Waals surface area contributed by atoms with Crippen molar-refractivity contribution in [2.75, 3.05) is 7.05 Å². The van der Waals surface area contributed by atoms with Crippen LogP contribution in [0.3, 0.4) is 0 Å². The molecule has 22 heavy (non-hydrogen) atoms. The first-order valence-electron chi connectivity index (χ1n) is 7.30. The predicted octanol–water partition coefficient (Wildman–Crippen LogP) is 3.20. The van der Waals surface area contributed by atoms with Crippen molar-refractivity contribution in [3.05, 3.63) is 71.3 Å². The second kappa shape index (κ2) is 6.95. The van der Waals surface area contributed by atoms with E-state index < -0.39 is 0 Å². The van der Waals surface area contributed by atoms with Crippen molar-refractivity contribution >= 4 is 18.3 Å². The molecule has 2 atom stereocenters. The largest absolute Gasteiger partial charge is 0.337 e. The third-order valence-electron chi connectivity index (χ3n) is 4.03.